The van der Waals surface area contributed by atoms with E-state index in [-0.39, 0.29) is 4.90 Å². The summed E-state index contributed by atoms with van der Waals surface area (Å²) in [5, 5.41) is 1.76. The SMILES string of the molecule is NC(=O)CN(c1ccc2ccccc2c1)S(=O)(=O)c1ccc(F)cc1. The zero-order valence-electron chi connectivity index (χ0n) is 13.1. The van der Waals surface area contributed by atoms with Crippen LogP contribution in [0.3, 0.4) is 0 Å². The largest absolute Gasteiger partial charge is 0.368 e. The normalized spacial score (nSPS) is 11.4. The standard InChI is InChI=1S/C18H15FN2O3S/c19-15-6-9-17(10-7-15)25(23,24)21(12-18(20)22)16-8-5-13-3-1-2-4-14(13)11-16/h1-11H,12H2,(H2,20,22). The zero-order chi connectivity index (χ0) is 18.0. The Balaban J connectivity index is 2.12. The van der Waals surface area contributed by atoms with Gasteiger partial charge in [-0.05, 0) is 47.2 Å². The van der Waals surface area contributed by atoms with Crippen molar-refractivity contribution in [3.63, 3.8) is 0 Å². The number of primary amides is 1. The van der Waals surface area contributed by atoms with E-state index < -0.39 is 28.3 Å². The number of hydrogen-bond donors (Lipinski definition) is 1. The first-order valence-electron chi connectivity index (χ1n) is 7.43. The van der Waals surface area contributed by atoms with Crippen LogP contribution < -0.4 is 10.0 Å². The Kier molecular flexibility index (Phi) is 4.41. The summed E-state index contributed by atoms with van der Waals surface area (Å²) in [5.74, 6) is -1.34. The first kappa shape index (κ1) is 16.9. The topological polar surface area (TPSA) is 80.5 Å². The summed E-state index contributed by atoms with van der Waals surface area (Å²) < 4.78 is 39.8. The highest BCUT2D eigenvalue weighted by molar-refractivity contribution is 7.92. The van der Waals surface area contributed by atoms with Gasteiger partial charge >= 0.3 is 0 Å². The van der Waals surface area contributed by atoms with E-state index in [0.29, 0.717) is 5.69 Å². The van der Waals surface area contributed by atoms with Gasteiger partial charge in [-0.25, -0.2) is 12.8 Å². The van der Waals surface area contributed by atoms with E-state index in [2.05, 4.69) is 0 Å². The number of sulfonamides is 1. The maximum atomic E-state index is 13.1. The molecule has 5 nitrogen and oxygen atoms in total. The smallest absolute Gasteiger partial charge is 0.264 e. The van der Waals surface area contributed by atoms with Gasteiger partial charge in [-0.2, -0.15) is 0 Å². The summed E-state index contributed by atoms with van der Waals surface area (Å²) in [5.41, 5.74) is 5.54. The van der Waals surface area contributed by atoms with Gasteiger partial charge in [-0.3, -0.25) is 9.10 Å². The molecule has 0 bridgehead atoms. The van der Waals surface area contributed by atoms with Crippen LogP contribution in [0.1, 0.15) is 0 Å². The minimum atomic E-state index is -4.07. The molecule has 0 saturated heterocycles. The minimum Gasteiger partial charge on any atom is -0.368 e. The van der Waals surface area contributed by atoms with E-state index >= 15 is 0 Å². The molecule has 1 amide bonds. The fraction of sp³-hybridized carbons (Fsp3) is 0.0556. The summed E-state index contributed by atoms with van der Waals surface area (Å²) in [4.78, 5) is 11.3. The Morgan fingerprint density at radius 1 is 0.960 bits per heavy atom. The number of benzene rings is 3. The molecule has 0 unspecified atom stereocenters. The number of rotatable bonds is 5. The van der Waals surface area contributed by atoms with Gasteiger partial charge in [0, 0.05) is 0 Å². The molecule has 128 valence electrons. The van der Waals surface area contributed by atoms with Crippen LogP contribution in [-0.2, 0) is 14.8 Å². The number of anilines is 1. The van der Waals surface area contributed by atoms with Crippen LogP contribution in [0.5, 0.6) is 0 Å². The van der Waals surface area contributed by atoms with Crippen LogP contribution >= 0.6 is 0 Å². The number of hydrogen-bond acceptors (Lipinski definition) is 3. The Hall–Kier alpha value is -2.93. The Bertz CT molecular complexity index is 1030. The molecule has 25 heavy (non-hydrogen) atoms. The Morgan fingerprint density at radius 3 is 2.24 bits per heavy atom. The van der Waals surface area contributed by atoms with Gasteiger partial charge in [-0.15, -0.1) is 0 Å². The van der Waals surface area contributed by atoms with Crippen LogP contribution in [0.4, 0.5) is 10.1 Å². The fourth-order valence-electron chi connectivity index (χ4n) is 2.52. The molecule has 0 atom stereocenters. The van der Waals surface area contributed by atoms with E-state index in [4.69, 9.17) is 5.73 Å². The van der Waals surface area contributed by atoms with Crippen molar-refractivity contribution in [2.45, 2.75) is 4.90 Å². The third-order valence-corrected chi connectivity index (χ3v) is 5.51. The number of nitrogens with zero attached hydrogens (tertiary/aromatic N) is 1. The van der Waals surface area contributed by atoms with Gasteiger partial charge in [0.15, 0.2) is 0 Å². The molecule has 0 saturated carbocycles. The predicted octanol–water partition coefficient (Wildman–Crippen LogP) is 2.66. The predicted molar refractivity (Wildman–Crippen MR) is 94.1 cm³/mol. The number of fused-ring (bicyclic) bond motifs is 1. The van der Waals surface area contributed by atoms with Gasteiger partial charge in [0.1, 0.15) is 12.4 Å². The third-order valence-electron chi connectivity index (χ3n) is 3.72. The summed E-state index contributed by atoms with van der Waals surface area (Å²) in [6.07, 6.45) is 0. The number of amides is 1. The van der Waals surface area contributed by atoms with Crippen LogP contribution in [0.2, 0.25) is 0 Å². The van der Waals surface area contributed by atoms with Crippen LogP contribution in [0, 0.1) is 5.82 Å². The molecular weight excluding hydrogens is 343 g/mol. The molecule has 0 aliphatic carbocycles. The molecule has 3 aromatic rings. The summed E-state index contributed by atoms with van der Waals surface area (Å²) in [6, 6.07) is 16.9. The number of nitrogens with two attached hydrogens (primary N) is 1. The Morgan fingerprint density at radius 2 is 1.60 bits per heavy atom. The van der Waals surface area contributed by atoms with Crippen molar-refractivity contribution < 1.29 is 17.6 Å². The highest BCUT2D eigenvalue weighted by atomic mass is 32.2. The van der Waals surface area contributed by atoms with Gasteiger partial charge in [0.25, 0.3) is 10.0 Å². The molecule has 0 aliphatic rings. The lowest BCUT2D eigenvalue weighted by atomic mass is 10.1. The maximum absolute atomic E-state index is 13.1. The highest BCUT2D eigenvalue weighted by Crippen LogP contribution is 2.27. The fourth-order valence-corrected chi connectivity index (χ4v) is 3.95. The molecule has 7 heteroatoms. The van der Waals surface area contributed by atoms with Crippen LogP contribution in [0.15, 0.2) is 71.6 Å². The summed E-state index contributed by atoms with van der Waals surface area (Å²) in [6.45, 7) is -0.516. The van der Waals surface area contributed by atoms with E-state index in [1.165, 1.54) is 0 Å². The number of carbonyl (C=O) groups is 1. The minimum absolute atomic E-state index is 0.122. The summed E-state index contributed by atoms with van der Waals surface area (Å²) in [7, 11) is -4.07. The number of carbonyl (C=O) groups excluding carboxylic acids is 1. The molecule has 2 N–H and O–H groups in total. The van der Waals surface area contributed by atoms with E-state index in [0.717, 1.165) is 39.3 Å². The second-order valence-electron chi connectivity index (χ2n) is 5.46. The lowest BCUT2D eigenvalue weighted by Crippen LogP contribution is -2.38. The lowest BCUT2D eigenvalue weighted by Gasteiger charge is -2.23. The molecule has 0 aromatic heterocycles. The van der Waals surface area contributed by atoms with Crippen LogP contribution in [-0.4, -0.2) is 20.9 Å². The van der Waals surface area contributed by atoms with Gasteiger partial charge in [0.2, 0.25) is 5.91 Å². The first-order chi connectivity index (χ1) is 11.9. The van der Waals surface area contributed by atoms with Crippen molar-refractivity contribution in [2.24, 2.45) is 5.73 Å². The zero-order valence-corrected chi connectivity index (χ0v) is 13.9. The van der Waals surface area contributed by atoms with Gasteiger partial charge in [0.05, 0.1) is 10.6 Å². The van der Waals surface area contributed by atoms with Crippen molar-refractivity contribution in [3.05, 3.63) is 72.5 Å². The van der Waals surface area contributed by atoms with Crippen molar-refractivity contribution >= 4 is 32.4 Å². The average Bonchev–Trinajstić information content (AvgIpc) is 2.59. The molecular formula is C18H15FN2O3S. The Labute approximate surface area is 144 Å². The molecule has 3 aromatic carbocycles. The van der Waals surface area contributed by atoms with E-state index in [1.807, 2.05) is 24.3 Å². The molecule has 0 spiro atoms. The summed E-state index contributed by atoms with van der Waals surface area (Å²) >= 11 is 0. The van der Waals surface area contributed by atoms with Crippen molar-refractivity contribution in [1.82, 2.24) is 0 Å². The maximum Gasteiger partial charge on any atom is 0.264 e. The van der Waals surface area contributed by atoms with E-state index in [9.17, 15) is 17.6 Å². The van der Waals surface area contributed by atoms with Crippen molar-refractivity contribution in [3.8, 4) is 0 Å². The van der Waals surface area contributed by atoms with Crippen molar-refractivity contribution in [2.75, 3.05) is 10.8 Å². The van der Waals surface area contributed by atoms with Crippen LogP contribution in [0.25, 0.3) is 10.8 Å². The molecule has 0 aliphatic heterocycles. The average molecular weight is 358 g/mol. The molecule has 0 fully saturated rings. The molecule has 0 radical (unpaired) electrons. The quantitative estimate of drug-likeness (QED) is 0.761. The number of halogens is 1. The van der Waals surface area contributed by atoms with Gasteiger partial charge < -0.3 is 5.73 Å². The van der Waals surface area contributed by atoms with Gasteiger partial charge in [-0.1, -0.05) is 30.3 Å². The van der Waals surface area contributed by atoms with E-state index in [1.54, 1.807) is 18.2 Å². The monoisotopic (exact) mass is 358 g/mol. The lowest BCUT2D eigenvalue weighted by molar-refractivity contribution is -0.116. The molecule has 3 rings (SSSR count). The third kappa shape index (κ3) is 3.46. The molecule has 0 heterocycles. The first-order valence-corrected chi connectivity index (χ1v) is 8.87. The highest BCUT2D eigenvalue weighted by Gasteiger charge is 2.26. The second kappa shape index (κ2) is 6.52. The van der Waals surface area contributed by atoms with Crippen molar-refractivity contribution in [1.29, 1.82) is 0 Å². The second-order valence-corrected chi connectivity index (χ2v) is 7.33.